The summed E-state index contributed by atoms with van der Waals surface area (Å²) in [5, 5.41) is 11.6. The SMILES string of the molecule is O=C(Cl)CCCCCCCCCCCCCCC([O-])=C1C=CC=C1.[Fe+2].c1cc[cH-]c1. The number of hydrogen-bond donors (Lipinski definition) is 0. The summed E-state index contributed by atoms with van der Waals surface area (Å²) in [6.07, 6.45) is 23.5. The van der Waals surface area contributed by atoms with Gasteiger partial charge < -0.3 is 5.11 Å². The van der Waals surface area contributed by atoms with Gasteiger partial charge in [-0.3, -0.25) is 4.79 Å². The number of halogens is 1. The third kappa shape index (κ3) is 17.7. The summed E-state index contributed by atoms with van der Waals surface area (Å²) in [5.41, 5.74) is 0.865. The molecule has 0 aromatic heterocycles. The quantitative estimate of drug-likeness (QED) is 0.0879. The van der Waals surface area contributed by atoms with Gasteiger partial charge in [0.1, 0.15) is 0 Å². The van der Waals surface area contributed by atoms with E-state index >= 15 is 0 Å². The molecule has 0 amide bonds. The third-order valence-corrected chi connectivity index (χ3v) is 5.26. The summed E-state index contributed by atoms with van der Waals surface area (Å²) in [7, 11) is 0. The van der Waals surface area contributed by atoms with Crippen LogP contribution in [0.2, 0.25) is 0 Å². The van der Waals surface area contributed by atoms with Crippen molar-refractivity contribution in [3.8, 4) is 0 Å². The molecule has 0 unspecified atom stereocenters. The molecule has 2 nitrogen and oxygen atoms in total. The monoisotopic (exact) mass is 472 g/mol. The normalized spacial score (nSPS) is 11.7. The van der Waals surface area contributed by atoms with Gasteiger partial charge in [-0.25, -0.2) is 12.1 Å². The first kappa shape index (κ1) is 28.8. The fraction of sp³-hybridized carbons (Fsp3) is 0.538. The van der Waals surface area contributed by atoms with Crippen molar-refractivity contribution in [2.75, 3.05) is 0 Å². The second-order valence-electron chi connectivity index (χ2n) is 7.66. The number of carbonyl (C=O) groups excluding carboxylic acids is 1. The Balaban J connectivity index is 0.00000122. The minimum absolute atomic E-state index is 0. The van der Waals surface area contributed by atoms with Crippen LogP contribution in [0.1, 0.15) is 89.9 Å². The Morgan fingerprint density at radius 3 is 1.50 bits per heavy atom. The first-order valence-electron chi connectivity index (χ1n) is 11.3. The Labute approximate surface area is 199 Å². The van der Waals surface area contributed by atoms with E-state index in [9.17, 15) is 9.90 Å². The van der Waals surface area contributed by atoms with Gasteiger partial charge in [-0.2, -0.15) is 18.2 Å². The minimum Gasteiger partial charge on any atom is -0.875 e. The van der Waals surface area contributed by atoms with E-state index in [0.29, 0.717) is 12.8 Å². The zero-order valence-electron chi connectivity index (χ0n) is 18.1. The molecule has 1 aliphatic carbocycles. The summed E-state index contributed by atoms with van der Waals surface area (Å²) in [4.78, 5) is 10.6. The van der Waals surface area contributed by atoms with Crippen molar-refractivity contribution < 1.29 is 27.0 Å². The standard InChI is InChI=1S/C21H33ClO2.C5H5.Fe/c22-21(24)18-12-10-8-6-4-2-1-3-5-7-9-11-17-20(23)19-15-13-14-16-19;1-2-4-5-3-1;/h13-16,23H,1-12,17-18H2;1-5H;/q;-1;+2/p-1. The Bertz CT molecular complexity index is 571. The van der Waals surface area contributed by atoms with Crippen molar-refractivity contribution in [3.05, 3.63) is 66.0 Å². The first-order chi connectivity index (χ1) is 14.2. The van der Waals surface area contributed by atoms with Crippen LogP contribution in [0.4, 0.5) is 0 Å². The zero-order valence-corrected chi connectivity index (χ0v) is 20.0. The van der Waals surface area contributed by atoms with Gasteiger partial charge in [-0.1, -0.05) is 94.9 Å². The smallest absolute Gasteiger partial charge is 0.875 e. The molecule has 1 aromatic carbocycles. The van der Waals surface area contributed by atoms with Crippen molar-refractivity contribution in [1.82, 2.24) is 0 Å². The van der Waals surface area contributed by atoms with E-state index in [1.54, 1.807) is 0 Å². The molecule has 168 valence electrons. The second-order valence-corrected chi connectivity index (χ2v) is 8.08. The van der Waals surface area contributed by atoms with Gasteiger partial charge in [-0.05, 0) is 30.0 Å². The molecule has 2 rings (SSSR count). The van der Waals surface area contributed by atoms with Crippen LogP contribution < -0.4 is 5.11 Å². The molecule has 1 aliphatic rings. The fourth-order valence-electron chi connectivity index (χ4n) is 3.34. The van der Waals surface area contributed by atoms with Crippen LogP contribution in [0.25, 0.3) is 0 Å². The summed E-state index contributed by atoms with van der Waals surface area (Å²) >= 11 is 5.30. The van der Waals surface area contributed by atoms with Crippen LogP contribution in [-0.4, -0.2) is 5.24 Å². The van der Waals surface area contributed by atoms with Gasteiger partial charge in [0.05, 0.1) is 0 Å². The largest absolute Gasteiger partial charge is 2.00 e. The van der Waals surface area contributed by atoms with Crippen LogP contribution in [-0.2, 0) is 21.9 Å². The molecular formula is C26H37ClFeO2. The molecule has 0 saturated heterocycles. The van der Waals surface area contributed by atoms with E-state index in [4.69, 9.17) is 11.6 Å². The Morgan fingerprint density at radius 1 is 0.733 bits per heavy atom. The average molecular weight is 473 g/mol. The summed E-state index contributed by atoms with van der Waals surface area (Å²) in [6.45, 7) is 0. The summed E-state index contributed by atoms with van der Waals surface area (Å²) in [6, 6.07) is 10.0. The molecule has 0 N–H and O–H groups in total. The topological polar surface area (TPSA) is 40.1 Å². The van der Waals surface area contributed by atoms with E-state index in [1.165, 1.54) is 57.8 Å². The van der Waals surface area contributed by atoms with E-state index in [-0.39, 0.29) is 28.1 Å². The van der Waals surface area contributed by atoms with Crippen molar-refractivity contribution in [2.24, 2.45) is 0 Å². The molecule has 4 heteroatoms. The molecular weight excluding hydrogens is 436 g/mol. The van der Waals surface area contributed by atoms with Crippen molar-refractivity contribution in [3.63, 3.8) is 0 Å². The van der Waals surface area contributed by atoms with E-state index in [1.807, 2.05) is 54.6 Å². The molecule has 0 spiro atoms. The van der Waals surface area contributed by atoms with Crippen molar-refractivity contribution in [1.29, 1.82) is 0 Å². The number of rotatable bonds is 15. The fourth-order valence-corrected chi connectivity index (χ4v) is 3.48. The minimum atomic E-state index is -0.203. The predicted molar refractivity (Wildman–Crippen MR) is 123 cm³/mol. The maximum absolute atomic E-state index is 11.8. The maximum atomic E-state index is 11.8. The molecule has 0 aliphatic heterocycles. The Kier molecular flexibility index (Phi) is 20.3. The van der Waals surface area contributed by atoms with Crippen LogP contribution >= 0.6 is 11.6 Å². The second kappa shape index (κ2) is 21.1. The van der Waals surface area contributed by atoms with E-state index < -0.39 is 0 Å². The van der Waals surface area contributed by atoms with Gasteiger partial charge in [-0.15, -0.1) is 5.76 Å². The zero-order chi connectivity index (χ0) is 21.0. The molecule has 0 fully saturated rings. The molecule has 0 radical (unpaired) electrons. The van der Waals surface area contributed by atoms with Crippen molar-refractivity contribution >= 4 is 16.8 Å². The number of allylic oxidation sites excluding steroid dienone is 6. The third-order valence-electron chi connectivity index (χ3n) is 5.07. The Hall–Kier alpha value is -1.15. The van der Waals surface area contributed by atoms with Gasteiger partial charge >= 0.3 is 17.1 Å². The van der Waals surface area contributed by atoms with Gasteiger partial charge in [0, 0.05) is 6.42 Å². The van der Waals surface area contributed by atoms with Gasteiger partial charge in [0.25, 0.3) is 0 Å². The summed E-state index contributed by atoms with van der Waals surface area (Å²) in [5.74, 6) is 0.287. The molecule has 1 aromatic rings. The molecule has 0 saturated carbocycles. The van der Waals surface area contributed by atoms with Crippen LogP contribution in [0, 0.1) is 0 Å². The van der Waals surface area contributed by atoms with Gasteiger partial charge in [0.15, 0.2) is 0 Å². The van der Waals surface area contributed by atoms with Crippen molar-refractivity contribution in [2.45, 2.75) is 89.9 Å². The maximum Gasteiger partial charge on any atom is 2.00 e. The average Bonchev–Trinajstić information content (AvgIpc) is 3.44. The van der Waals surface area contributed by atoms with Crippen LogP contribution in [0.3, 0.4) is 0 Å². The van der Waals surface area contributed by atoms with Crippen LogP contribution in [0.15, 0.2) is 66.0 Å². The molecule has 0 bridgehead atoms. The molecule has 30 heavy (non-hydrogen) atoms. The van der Waals surface area contributed by atoms with E-state index in [0.717, 1.165) is 24.8 Å². The molecule has 0 atom stereocenters. The Morgan fingerprint density at radius 2 is 1.13 bits per heavy atom. The molecule has 0 heterocycles. The van der Waals surface area contributed by atoms with E-state index in [2.05, 4.69) is 0 Å². The number of carbonyl (C=O) groups is 1. The number of hydrogen-bond acceptors (Lipinski definition) is 2. The number of unbranched alkanes of at least 4 members (excludes halogenated alkanes) is 11. The predicted octanol–water partition coefficient (Wildman–Crippen LogP) is 7.36. The van der Waals surface area contributed by atoms with Crippen LogP contribution in [0.5, 0.6) is 0 Å². The summed E-state index contributed by atoms with van der Waals surface area (Å²) < 4.78 is 0. The van der Waals surface area contributed by atoms with Gasteiger partial charge in [0.2, 0.25) is 5.24 Å². The first-order valence-corrected chi connectivity index (χ1v) is 11.7.